The smallest absolute Gasteiger partial charge is 0.0107 e. The van der Waals surface area contributed by atoms with Gasteiger partial charge < -0.3 is 10.2 Å². The molecule has 0 saturated carbocycles. The Morgan fingerprint density at radius 3 is 2.25 bits per heavy atom. The van der Waals surface area contributed by atoms with Crippen molar-refractivity contribution in [3.05, 3.63) is 0 Å². The van der Waals surface area contributed by atoms with E-state index in [1.54, 1.807) is 0 Å². The first-order chi connectivity index (χ1) is 7.72. The zero-order chi connectivity index (χ0) is 12.4. The summed E-state index contributed by atoms with van der Waals surface area (Å²) in [6.45, 7) is 15.8. The van der Waals surface area contributed by atoms with Crippen molar-refractivity contribution in [2.45, 2.75) is 59.9 Å². The van der Waals surface area contributed by atoms with E-state index in [-0.39, 0.29) is 1.43 Å². The van der Waals surface area contributed by atoms with Crippen molar-refractivity contribution in [3.63, 3.8) is 0 Å². The Bertz CT molecular complexity index is 143. The van der Waals surface area contributed by atoms with Crippen LogP contribution in [0.2, 0.25) is 0 Å². The van der Waals surface area contributed by atoms with Crippen molar-refractivity contribution in [1.82, 2.24) is 10.2 Å². The molecular formula is C14H34N2. The molecule has 100 valence electrons. The molecule has 0 atom stereocenters. The predicted molar refractivity (Wildman–Crippen MR) is 76.1 cm³/mol. The summed E-state index contributed by atoms with van der Waals surface area (Å²) in [5.74, 6) is 1.00. The van der Waals surface area contributed by atoms with E-state index >= 15 is 0 Å². The molecule has 1 rings (SSSR count). The quantitative estimate of drug-likeness (QED) is 0.779. The minimum atomic E-state index is 0. The van der Waals surface area contributed by atoms with Crippen LogP contribution in [0.1, 0.15) is 55.3 Å². The van der Waals surface area contributed by atoms with Crippen LogP contribution in [0.3, 0.4) is 0 Å². The predicted octanol–water partition coefficient (Wildman–Crippen LogP) is 3.38. The second-order valence-corrected chi connectivity index (χ2v) is 4.80. The lowest BCUT2D eigenvalue weighted by atomic mass is 9.94. The average molecular weight is 230 g/mol. The SMILES string of the molecule is CC.CCC1CCN(CCNC(C)C)CC1.[HH]. The minimum absolute atomic E-state index is 0. The van der Waals surface area contributed by atoms with E-state index in [9.17, 15) is 0 Å². The van der Waals surface area contributed by atoms with E-state index in [1.807, 2.05) is 13.8 Å². The van der Waals surface area contributed by atoms with Gasteiger partial charge in [0.25, 0.3) is 0 Å². The summed E-state index contributed by atoms with van der Waals surface area (Å²) in [5.41, 5.74) is 0. The van der Waals surface area contributed by atoms with Gasteiger partial charge in [-0.05, 0) is 31.8 Å². The van der Waals surface area contributed by atoms with Gasteiger partial charge in [0.2, 0.25) is 0 Å². The third kappa shape index (κ3) is 7.24. The molecule has 2 heteroatoms. The van der Waals surface area contributed by atoms with Gasteiger partial charge in [-0.15, -0.1) is 0 Å². The van der Waals surface area contributed by atoms with E-state index in [1.165, 1.54) is 38.9 Å². The molecule has 0 unspecified atom stereocenters. The highest BCUT2D eigenvalue weighted by molar-refractivity contribution is 4.72. The third-order valence-corrected chi connectivity index (χ3v) is 3.27. The van der Waals surface area contributed by atoms with E-state index in [0.717, 1.165) is 12.5 Å². The molecule has 0 spiro atoms. The maximum Gasteiger partial charge on any atom is 0.0107 e. The molecule has 0 bridgehead atoms. The van der Waals surface area contributed by atoms with Crippen LogP contribution in [0, 0.1) is 5.92 Å². The number of piperidine rings is 1. The minimum Gasteiger partial charge on any atom is -0.313 e. The van der Waals surface area contributed by atoms with Crippen LogP contribution >= 0.6 is 0 Å². The lowest BCUT2D eigenvalue weighted by Crippen LogP contribution is -2.39. The Kier molecular flexibility index (Phi) is 10.0. The molecule has 2 nitrogen and oxygen atoms in total. The maximum atomic E-state index is 3.48. The van der Waals surface area contributed by atoms with Crippen LogP contribution < -0.4 is 5.32 Å². The Balaban J connectivity index is 0. The summed E-state index contributed by atoms with van der Waals surface area (Å²) in [6.07, 6.45) is 4.20. The topological polar surface area (TPSA) is 15.3 Å². The molecule has 1 aliphatic rings. The van der Waals surface area contributed by atoms with Gasteiger partial charge in [-0.25, -0.2) is 0 Å². The average Bonchev–Trinajstić information content (AvgIpc) is 2.32. The monoisotopic (exact) mass is 230 g/mol. The summed E-state index contributed by atoms with van der Waals surface area (Å²) in [7, 11) is 0. The van der Waals surface area contributed by atoms with Crippen LogP contribution in [-0.2, 0) is 0 Å². The Morgan fingerprint density at radius 1 is 1.25 bits per heavy atom. The zero-order valence-corrected chi connectivity index (χ0v) is 12.1. The first-order valence-electron chi connectivity index (χ1n) is 7.18. The standard InChI is InChI=1S/C12H26N2.C2H6.H2/c1-4-12-5-8-14(9-6-12)10-7-13-11(2)3;1-2;/h11-13H,4-10H2,1-3H3;1-2H3;1H. The van der Waals surface area contributed by atoms with Crippen molar-refractivity contribution in [3.8, 4) is 0 Å². The van der Waals surface area contributed by atoms with Crippen molar-refractivity contribution >= 4 is 0 Å². The highest BCUT2D eigenvalue weighted by atomic mass is 15.1. The fourth-order valence-electron chi connectivity index (χ4n) is 2.13. The molecule has 0 aromatic rings. The normalized spacial score (nSPS) is 18.4. The fourth-order valence-corrected chi connectivity index (χ4v) is 2.13. The summed E-state index contributed by atoms with van der Waals surface area (Å²) >= 11 is 0. The molecule has 1 aliphatic heterocycles. The largest absolute Gasteiger partial charge is 0.313 e. The van der Waals surface area contributed by atoms with E-state index in [0.29, 0.717) is 6.04 Å². The van der Waals surface area contributed by atoms with Gasteiger partial charge in [-0.1, -0.05) is 41.0 Å². The second-order valence-electron chi connectivity index (χ2n) is 4.80. The highest BCUT2D eigenvalue weighted by Crippen LogP contribution is 2.19. The molecular weight excluding hydrogens is 196 g/mol. The van der Waals surface area contributed by atoms with E-state index in [2.05, 4.69) is 31.0 Å². The first kappa shape index (κ1) is 15.9. The molecule has 1 heterocycles. The van der Waals surface area contributed by atoms with Gasteiger partial charge in [0.1, 0.15) is 0 Å². The van der Waals surface area contributed by atoms with Crippen molar-refractivity contribution in [2.24, 2.45) is 5.92 Å². The van der Waals surface area contributed by atoms with Crippen molar-refractivity contribution in [2.75, 3.05) is 26.2 Å². The van der Waals surface area contributed by atoms with Crippen LogP contribution in [0.4, 0.5) is 0 Å². The first-order valence-corrected chi connectivity index (χ1v) is 7.18. The Labute approximate surface area is 104 Å². The highest BCUT2D eigenvalue weighted by Gasteiger charge is 2.16. The number of hydrogen-bond donors (Lipinski definition) is 1. The molecule has 16 heavy (non-hydrogen) atoms. The van der Waals surface area contributed by atoms with Gasteiger partial charge in [-0.2, -0.15) is 0 Å². The van der Waals surface area contributed by atoms with E-state index < -0.39 is 0 Å². The number of likely N-dealkylation sites (tertiary alicyclic amines) is 1. The third-order valence-electron chi connectivity index (χ3n) is 3.27. The molecule has 1 saturated heterocycles. The molecule has 1 N–H and O–H groups in total. The number of rotatable bonds is 5. The zero-order valence-electron chi connectivity index (χ0n) is 12.1. The molecule has 0 aromatic carbocycles. The van der Waals surface area contributed by atoms with Crippen molar-refractivity contribution < 1.29 is 1.43 Å². The van der Waals surface area contributed by atoms with E-state index in [4.69, 9.17) is 0 Å². The summed E-state index contributed by atoms with van der Waals surface area (Å²) in [4.78, 5) is 2.60. The molecule has 0 aromatic heterocycles. The van der Waals surface area contributed by atoms with Crippen LogP contribution in [-0.4, -0.2) is 37.1 Å². The van der Waals surface area contributed by atoms with Gasteiger partial charge in [0.15, 0.2) is 0 Å². The maximum absolute atomic E-state index is 3.48. The lowest BCUT2D eigenvalue weighted by Gasteiger charge is -2.31. The fraction of sp³-hybridized carbons (Fsp3) is 1.00. The molecule has 0 aliphatic carbocycles. The van der Waals surface area contributed by atoms with Gasteiger partial charge in [-0.3, -0.25) is 0 Å². The van der Waals surface area contributed by atoms with Gasteiger partial charge >= 0.3 is 0 Å². The molecule has 1 fully saturated rings. The van der Waals surface area contributed by atoms with Crippen LogP contribution in [0.15, 0.2) is 0 Å². The molecule has 0 radical (unpaired) electrons. The summed E-state index contributed by atoms with van der Waals surface area (Å²) < 4.78 is 0. The number of nitrogens with zero attached hydrogens (tertiary/aromatic N) is 1. The van der Waals surface area contributed by atoms with Crippen molar-refractivity contribution in [1.29, 1.82) is 0 Å². The lowest BCUT2D eigenvalue weighted by molar-refractivity contribution is 0.181. The van der Waals surface area contributed by atoms with Crippen LogP contribution in [0.5, 0.6) is 0 Å². The van der Waals surface area contributed by atoms with Crippen LogP contribution in [0.25, 0.3) is 0 Å². The second kappa shape index (κ2) is 10.1. The number of nitrogens with one attached hydrogen (secondary N) is 1. The Morgan fingerprint density at radius 2 is 1.81 bits per heavy atom. The Hall–Kier alpha value is -0.0800. The summed E-state index contributed by atoms with van der Waals surface area (Å²) in [5, 5.41) is 3.48. The van der Waals surface area contributed by atoms with Gasteiger partial charge in [0.05, 0.1) is 0 Å². The summed E-state index contributed by atoms with van der Waals surface area (Å²) in [6, 6.07) is 0.628. The molecule has 0 amide bonds. The number of hydrogen-bond acceptors (Lipinski definition) is 2. The van der Waals surface area contributed by atoms with Gasteiger partial charge in [0, 0.05) is 20.6 Å².